The van der Waals surface area contributed by atoms with Crippen molar-refractivity contribution in [1.82, 2.24) is 4.98 Å². The number of benzene rings is 1. The van der Waals surface area contributed by atoms with Gasteiger partial charge in [0.25, 0.3) is 0 Å². The normalized spacial score (nSPS) is 13.2. The van der Waals surface area contributed by atoms with E-state index in [1.54, 1.807) is 23.1 Å². The van der Waals surface area contributed by atoms with E-state index >= 15 is 0 Å². The third kappa shape index (κ3) is 3.07. The quantitative estimate of drug-likeness (QED) is 0.636. The molecule has 0 fully saturated rings. The Labute approximate surface area is 138 Å². The fraction of sp³-hybridized carbons (Fsp3) is 0.333. The number of aromatic nitrogens is 1. The van der Waals surface area contributed by atoms with Gasteiger partial charge < -0.3 is 11.1 Å². The fourth-order valence-electron chi connectivity index (χ4n) is 2.52. The molecule has 0 spiro atoms. The van der Waals surface area contributed by atoms with E-state index in [-0.39, 0.29) is 0 Å². The maximum absolute atomic E-state index is 5.93. The van der Waals surface area contributed by atoms with Crippen molar-refractivity contribution in [3.05, 3.63) is 34.3 Å². The van der Waals surface area contributed by atoms with Crippen LogP contribution in [0, 0.1) is 0 Å². The second-order valence-corrected chi connectivity index (χ2v) is 7.67. The molecule has 0 saturated heterocycles. The smallest absolute Gasteiger partial charge is 0.187 e. The standard InChI is InChI=1S/C15H17N3S3/c1-2-20-12-8-4-6-10(13(12)14(16)19)18-15-17-9-5-3-7-11(9)21-15/h4,6,8H,2-3,5,7H2,1H3,(H2,16,19)(H,17,18). The number of aryl methyl sites for hydroxylation is 2. The summed E-state index contributed by atoms with van der Waals surface area (Å²) in [6, 6.07) is 6.11. The average molecular weight is 336 g/mol. The highest BCUT2D eigenvalue weighted by Crippen LogP contribution is 2.35. The predicted octanol–water partition coefficient (Wildman–Crippen LogP) is 4.12. The van der Waals surface area contributed by atoms with Crippen LogP contribution in [0.2, 0.25) is 0 Å². The van der Waals surface area contributed by atoms with Gasteiger partial charge in [0.2, 0.25) is 0 Å². The lowest BCUT2D eigenvalue weighted by Crippen LogP contribution is -2.13. The number of thiocarbonyl (C=S) groups is 1. The molecule has 0 aliphatic heterocycles. The number of nitrogens with two attached hydrogens (primary N) is 1. The van der Waals surface area contributed by atoms with E-state index in [0.29, 0.717) is 4.99 Å². The van der Waals surface area contributed by atoms with Crippen LogP contribution >= 0.6 is 35.3 Å². The molecule has 6 heteroatoms. The van der Waals surface area contributed by atoms with Gasteiger partial charge in [-0.1, -0.05) is 25.2 Å². The molecule has 3 N–H and O–H groups in total. The lowest BCUT2D eigenvalue weighted by atomic mass is 10.2. The molecular formula is C15H17N3S3. The zero-order chi connectivity index (χ0) is 14.8. The Morgan fingerprint density at radius 1 is 1.48 bits per heavy atom. The van der Waals surface area contributed by atoms with Crippen molar-refractivity contribution in [3.8, 4) is 0 Å². The van der Waals surface area contributed by atoms with Crippen LogP contribution in [0.1, 0.15) is 29.5 Å². The van der Waals surface area contributed by atoms with Gasteiger partial charge in [-0.25, -0.2) is 4.98 Å². The highest BCUT2D eigenvalue weighted by atomic mass is 32.2. The Morgan fingerprint density at radius 2 is 2.33 bits per heavy atom. The minimum absolute atomic E-state index is 0.429. The number of anilines is 2. The Morgan fingerprint density at radius 3 is 3.05 bits per heavy atom. The van der Waals surface area contributed by atoms with Crippen LogP contribution in [-0.4, -0.2) is 15.7 Å². The first kappa shape index (κ1) is 14.8. The van der Waals surface area contributed by atoms with Crippen LogP contribution in [0.3, 0.4) is 0 Å². The van der Waals surface area contributed by atoms with Gasteiger partial charge in [0.1, 0.15) is 4.99 Å². The summed E-state index contributed by atoms with van der Waals surface area (Å²) in [4.78, 5) is 7.64. The van der Waals surface area contributed by atoms with Gasteiger partial charge in [0, 0.05) is 15.3 Å². The molecule has 110 valence electrons. The van der Waals surface area contributed by atoms with Gasteiger partial charge in [-0.3, -0.25) is 0 Å². The molecule has 21 heavy (non-hydrogen) atoms. The minimum atomic E-state index is 0.429. The second-order valence-electron chi connectivity index (χ2n) is 4.84. The zero-order valence-corrected chi connectivity index (χ0v) is 14.3. The maximum Gasteiger partial charge on any atom is 0.187 e. The third-order valence-corrected chi connectivity index (χ3v) is 5.63. The number of nitrogens with zero attached hydrogens (tertiary/aromatic N) is 1. The predicted molar refractivity (Wildman–Crippen MR) is 96.1 cm³/mol. The number of rotatable bonds is 5. The van der Waals surface area contributed by atoms with Crippen LogP contribution in [0.5, 0.6) is 0 Å². The number of thiazole rings is 1. The topological polar surface area (TPSA) is 50.9 Å². The Hall–Kier alpha value is -1.11. The van der Waals surface area contributed by atoms with Gasteiger partial charge in [-0.15, -0.1) is 23.1 Å². The Kier molecular flexibility index (Phi) is 4.47. The summed E-state index contributed by atoms with van der Waals surface area (Å²) >= 11 is 8.74. The highest BCUT2D eigenvalue weighted by molar-refractivity contribution is 7.99. The van der Waals surface area contributed by atoms with Crippen LogP contribution < -0.4 is 11.1 Å². The monoisotopic (exact) mass is 335 g/mol. The third-order valence-electron chi connectivity index (χ3n) is 3.41. The van der Waals surface area contributed by atoms with E-state index in [1.165, 1.54) is 17.0 Å². The summed E-state index contributed by atoms with van der Waals surface area (Å²) in [5, 5.41) is 4.35. The molecule has 1 aliphatic rings. The maximum atomic E-state index is 5.93. The summed E-state index contributed by atoms with van der Waals surface area (Å²) in [6.45, 7) is 2.12. The van der Waals surface area contributed by atoms with Crippen LogP contribution in [0.15, 0.2) is 23.1 Å². The van der Waals surface area contributed by atoms with Crippen LogP contribution in [0.25, 0.3) is 0 Å². The van der Waals surface area contributed by atoms with Crippen molar-refractivity contribution in [2.45, 2.75) is 31.1 Å². The van der Waals surface area contributed by atoms with Gasteiger partial charge >= 0.3 is 0 Å². The molecule has 1 heterocycles. The zero-order valence-electron chi connectivity index (χ0n) is 11.8. The van der Waals surface area contributed by atoms with Crippen LogP contribution in [-0.2, 0) is 12.8 Å². The van der Waals surface area contributed by atoms with E-state index in [9.17, 15) is 0 Å². The van der Waals surface area contributed by atoms with E-state index in [2.05, 4.69) is 23.3 Å². The van der Waals surface area contributed by atoms with Crippen LogP contribution in [0.4, 0.5) is 10.8 Å². The van der Waals surface area contributed by atoms with Crippen molar-refractivity contribution in [3.63, 3.8) is 0 Å². The van der Waals surface area contributed by atoms with Gasteiger partial charge in [-0.05, 0) is 37.1 Å². The molecule has 2 aromatic rings. The van der Waals surface area contributed by atoms with Crippen molar-refractivity contribution >= 4 is 51.1 Å². The summed E-state index contributed by atoms with van der Waals surface area (Å²) < 4.78 is 0. The van der Waals surface area contributed by atoms with E-state index in [0.717, 1.165) is 39.9 Å². The molecule has 0 atom stereocenters. The molecule has 1 aliphatic carbocycles. The number of nitrogens with one attached hydrogen (secondary N) is 1. The first-order valence-corrected chi connectivity index (χ1v) is 9.21. The Bertz CT molecular complexity index is 657. The molecular weight excluding hydrogens is 318 g/mol. The number of thioether (sulfide) groups is 1. The van der Waals surface area contributed by atoms with E-state index < -0.39 is 0 Å². The molecule has 0 saturated carbocycles. The van der Waals surface area contributed by atoms with Crippen molar-refractivity contribution in [1.29, 1.82) is 0 Å². The lowest BCUT2D eigenvalue weighted by Gasteiger charge is -2.13. The lowest BCUT2D eigenvalue weighted by molar-refractivity contribution is 0.900. The summed E-state index contributed by atoms with van der Waals surface area (Å²) in [5.41, 5.74) is 9.06. The van der Waals surface area contributed by atoms with Gasteiger partial charge in [-0.2, -0.15) is 0 Å². The number of hydrogen-bond donors (Lipinski definition) is 2. The fourth-order valence-corrected chi connectivity index (χ4v) is 4.72. The molecule has 1 aromatic carbocycles. The first-order chi connectivity index (χ1) is 10.2. The van der Waals surface area contributed by atoms with E-state index in [4.69, 9.17) is 18.0 Å². The number of fused-ring (bicyclic) bond motifs is 1. The number of hydrogen-bond acceptors (Lipinski definition) is 5. The molecule has 0 bridgehead atoms. The van der Waals surface area contributed by atoms with Crippen molar-refractivity contribution < 1.29 is 0 Å². The molecule has 1 aromatic heterocycles. The van der Waals surface area contributed by atoms with Gasteiger partial charge in [0.05, 0.1) is 11.4 Å². The molecule has 0 amide bonds. The first-order valence-electron chi connectivity index (χ1n) is 7.00. The minimum Gasteiger partial charge on any atom is -0.389 e. The SMILES string of the molecule is CCSc1cccc(Nc2nc3c(s2)CCC3)c1C(N)=S. The second kappa shape index (κ2) is 6.34. The molecule has 3 rings (SSSR count). The molecule has 0 radical (unpaired) electrons. The molecule has 0 unspecified atom stereocenters. The molecule has 3 nitrogen and oxygen atoms in total. The Balaban J connectivity index is 1.93. The summed E-state index contributed by atoms with van der Waals surface area (Å²) in [5.74, 6) is 0.991. The largest absolute Gasteiger partial charge is 0.389 e. The van der Waals surface area contributed by atoms with Gasteiger partial charge in [0.15, 0.2) is 5.13 Å². The van der Waals surface area contributed by atoms with Crippen molar-refractivity contribution in [2.24, 2.45) is 5.73 Å². The summed E-state index contributed by atoms with van der Waals surface area (Å²) in [7, 11) is 0. The summed E-state index contributed by atoms with van der Waals surface area (Å²) in [6.07, 6.45) is 3.49. The highest BCUT2D eigenvalue weighted by Gasteiger charge is 2.18. The van der Waals surface area contributed by atoms with E-state index in [1.807, 2.05) is 12.1 Å². The van der Waals surface area contributed by atoms with Crippen molar-refractivity contribution in [2.75, 3.05) is 11.1 Å². The average Bonchev–Trinajstić information content (AvgIpc) is 2.99.